The zero-order valence-electron chi connectivity index (χ0n) is 18.7. The maximum absolute atomic E-state index is 6.63. The van der Waals surface area contributed by atoms with Crippen molar-refractivity contribution in [2.24, 2.45) is 5.92 Å². The van der Waals surface area contributed by atoms with Crippen molar-refractivity contribution in [3.8, 4) is 17.1 Å². The number of fused-ring (bicyclic) bond motifs is 3. The molecule has 0 aliphatic carbocycles. The number of rotatable bonds is 5. The lowest BCUT2D eigenvalue weighted by molar-refractivity contribution is 0.141. The van der Waals surface area contributed by atoms with E-state index in [2.05, 4.69) is 30.1 Å². The van der Waals surface area contributed by atoms with Gasteiger partial charge in [0.05, 0.1) is 23.9 Å². The van der Waals surface area contributed by atoms with Gasteiger partial charge in [-0.05, 0) is 56.0 Å². The maximum Gasteiger partial charge on any atom is 0.184 e. The van der Waals surface area contributed by atoms with Crippen LogP contribution in [0.4, 0.5) is 0 Å². The van der Waals surface area contributed by atoms with E-state index in [0.717, 1.165) is 53.3 Å². The first-order valence-corrected chi connectivity index (χ1v) is 11.3. The Morgan fingerprint density at radius 1 is 1.16 bits per heavy atom. The Labute approximate surface area is 191 Å². The third kappa shape index (κ3) is 3.80. The summed E-state index contributed by atoms with van der Waals surface area (Å²) in [6.07, 6.45) is 1.85. The van der Waals surface area contributed by atoms with Gasteiger partial charge in [0.25, 0.3) is 0 Å². The van der Waals surface area contributed by atoms with Crippen LogP contribution in [0.5, 0.6) is 5.75 Å². The van der Waals surface area contributed by atoms with Crippen molar-refractivity contribution >= 4 is 28.4 Å². The Morgan fingerprint density at radius 2 is 2.00 bits per heavy atom. The molecule has 166 valence electrons. The molecule has 1 saturated heterocycles. The van der Waals surface area contributed by atoms with Gasteiger partial charge in [-0.25, -0.2) is 9.97 Å². The topological polar surface area (TPSA) is 74.4 Å². The molecule has 0 spiro atoms. The van der Waals surface area contributed by atoms with Crippen molar-refractivity contribution in [2.45, 2.75) is 46.6 Å². The summed E-state index contributed by atoms with van der Waals surface area (Å²) < 4.78 is 13.5. The Balaban J connectivity index is 1.72. The third-order valence-electron chi connectivity index (χ3n) is 5.66. The molecule has 0 radical (unpaired) electrons. The van der Waals surface area contributed by atoms with E-state index in [4.69, 9.17) is 31.0 Å². The minimum absolute atomic E-state index is 0.0503. The molecule has 7 nitrogen and oxygen atoms in total. The quantitative estimate of drug-likeness (QED) is 0.426. The number of aryl methyl sites for hydroxylation is 2. The monoisotopic (exact) mass is 451 g/mol. The molecule has 5 rings (SSSR count). The zero-order chi connectivity index (χ0) is 22.4. The number of aromatic nitrogens is 5. The third-order valence-corrected chi connectivity index (χ3v) is 5.99. The summed E-state index contributed by atoms with van der Waals surface area (Å²) in [5.74, 6) is 1.86. The first-order chi connectivity index (χ1) is 15.4. The fourth-order valence-electron chi connectivity index (χ4n) is 4.25. The van der Waals surface area contributed by atoms with Crippen LogP contribution in [-0.2, 0) is 11.2 Å². The van der Waals surface area contributed by atoms with Crippen molar-refractivity contribution in [3.05, 3.63) is 46.2 Å². The SMILES string of the molecule is Cc1cc(CC(C)C)c2nc(C)c3nnc(-c4cc(OC5CCOC5)ccc4Cl)n3c2n1. The molecule has 4 aromatic rings. The lowest BCUT2D eigenvalue weighted by Crippen LogP contribution is -2.15. The zero-order valence-corrected chi connectivity index (χ0v) is 19.5. The second-order valence-corrected chi connectivity index (χ2v) is 9.23. The summed E-state index contributed by atoms with van der Waals surface area (Å²) in [5, 5.41) is 9.50. The molecule has 1 unspecified atom stereocenters. The second-order valence-electron chi connectivity index (χ2n) is 8.82. The largest absolute Gasteiger partial charge is 0.488 e. The van der Waals surface area contributed by atoms with E-state index in [1.165, 1.54) is 5.56 Å². The molecule has 3 aromatic heterocycles. The van der Waals surface area contributed by atoms with Gasteiger partial charge in [0.1, 0.15) is 17.4 Å². The molecular formula is C24H26ClN5O2. The summed E-state index contributed by atoms with van der Waals surface area (Å²) in [5.41, 5.74) is 5.96. The fraction of sp³-hybridized carbons (Fsp3) is 0.417. The van der Waals surface area contributed by atoms with Gasteiger partial charge in [0.2, 0.25) is 0 Å². The Bertz CT molecular complexity index is 1310. The van der Waals surface area contributed by atoms with Crippen LogP contribution in [-0.4, -0.2) is 43.9 Å². The Kier molecular flexibility index (Phi) is 5.47. The summed E-state index contributed by atoms with van der Waals surface area (Å²) in [6.45, 7) is 9.69. The maximum atomic E-state index is 6.63. The molecule has 1 fully saturated rings. The minimum atomic E-state index is 0.0503. The van der Waals surface area contributed by atoms with Gasteiger partial charge in [-0.1, -0.05) is 25.4 Å². The fourth-order valence-corrected chi connectivity index (χ4v) is 4.45. The molecule has 0 bridgehead atoms. The molecule has 4 heterocycles. The van der Waals surface area contributed by atoms with Crippen molar-refractivity contribution < 1.29 is 9.47 Å². The number of hydrogen-bond acceptors (Lipinski definition) is 6. The van der Waals surface area contributed by atoms with Crippen LogP contribution in [0.15, 0.2) is 24.3 Å². The highest BCUT2D eigenvalue weighted by molar-refractivity contribution is 6.33. The van der Waals surface area contributed by atoms with Crippen LogP contribution in [0, 0.1) is 19.8 Å². The molecule has 0 saturated carbocycles. The van der Waals surface area contributed by atoms with Crippen molar-refractivity contribution in [1.29, 1.82) is 0 Å². The highest BCUT2D eigenvalue weighted by Gasteiger charge is 2.22. The molecular weight excluding hydrogens is 426 g/mol. The van der Waals surface area contributed by atoms with E-state index < -0.39 is 0 Å². The summed E-state index contributed by atoms with van der Waals surface area (Å²) in [7, 11) is 0. The lowest BCUT2D eigenvalue weighted by Gasteiger charge is -2.14. The van der Waals surface area contributed by atoms with Crippen molar-refractivity contribution in [1.82, 2.24) is 24.6 Å². The molecule has 8 heteroatoms. The van der Waals surface area contributed by atoms with Gasteiger partial charge in [-0.3, -0.25) is 4.40 Å². The van der Waals surface area contributed by atoms with Crippen LogP contribution >= 0.6 is 11.6 Å². The predicted molar refractivity (Wildman–Crippen MR) is 124 cm³/mol. The summed E-state index contributed by atoms with van der Waals surface area (Å²) in [4.78, 5) is 9.69. The number of benzene rings is 1. The van der Waals surface area contributed by atoms with E-state index in [9.17, 15) is 0 Å². The highest BCUT2D eigenvalue weighted by atomic mass is 35.5. The van der Waals surface area contributed by atoms with E-state index in [-0.39, 0.29) is 6.10 Å². The number of nitrogens with zero attached hydrogens (tertiary/aromatic N) is 5. The smallest absolute Gasteiger partial charge is 0.184 e. The Hall–Kier alpha value is -2.77. The molecule has 0 amide bonds. The predicted octanol–water partition coefficient (Wildman–Crippen LogP) is 4.98. The van der Waals surface area contributed by atoms with Crippen LogP contribution in [0.25, 0.3) is 28.2 Å². The van der Waals surface area contributed by atoms with Gasteiger partial charge in [-0.15, -0.1) is 10.2 Å². The summed E-state index contributed by atoms with van der Waals surface area (Å²) in [6, 6.07) is 7.75. The molecule has 1 aliphatic heterocycles. The van der Waals surface area contributed by atoms with Gasteiger partial charge in [0.15, 0.2) is 17.1 Å². The standard InChI is InChI=1S/C24H26ClN5O2/c1-13(2)9-16-10-14(3)26-24-21(16)27-15(4)22-28-29-23(30(22)24)19-11-17(5-6-20(19)25)32-18-7-8-31-12-18/h5-6,10-11,13,18H,7-9,12H2,1-4H3. The van der Waals surface area contributed by atoms with E-state index in [1.807, 2.05) is 36.4 Å². The number of hydrogen-bond donors (Lipinski definition) is 0. The Morgan fingerprint density at radius 3 is 2.75 bits per heavy atom. The van der Waals surface area contributed by atoms with E-state index >= 15 is 0 Å². The van der Waals surface area contributed by atoms with Crippen LogP contribution < -0.4 is 4.74 Å². The molecule has 0 N–H and O–H groups in total. The van der Waals surface area contributed by atoms with Crippen LogP contribution in [0.3, 0.4) is 0 Å². The average Bonchev–Trinajstić information content (AvgIpc) is 3.40. The number of pyridine rings is 1. The van der Waals surface area contributed by atoms with E-state index in [1.54, 1.807) is 0 Å². The molecule has 32 heavy (non-hydrogen) atoms. The average molecular weight is 452 g/mol. The molecule has 1 aliphatic rings. The highest BCUT2D eigenvalue weighted by Crippen LogP contribution is 2.33. The van der Waals surface area contributed by atoms with Gasteiger partial charge >= 0.3 is 0 Å². The second kappa shape index (κ2) is 8.30. The molecule has 1 atom stereocenters. The van der Waals surface area contributed by atoms with Crippen LogP contribution in [0.1, 0.15) is 37.2 Å². The van der Waals surface area contributed by atoms with E-state index in [0.29, 0.717) is 29.0 Å². The minimum Gasteiger partial charge on any atom is -0.488 e. The van der Waals surface area contributed by atoms with Gasteiger partial charge in [0, 0.05) is 17.7 Å². The molecule has 1 aromatic carbocycles. The lowest BCUT2D eigenvalue weighted by atomic mass is 10.0. The van der Waals surface area contributed by atoms with Crippen molar-refractivity contribution in [3.63, 3.8) is 0 Å². The van der Waals surface area contributed by atoms with Gasteiger partial charge < -0.3 is 9.47 Å². The number of ether oxygens (including phenoxy) is 2. The van der Waals surface area contributed by atoms with Crippen molar-refractivity contribution in [2.75, 3.05) is 13.2 Å². The van der Waals surface area contributed by atoms with Crippen LogP contribution in [0.2, 0.25) is 5.02 Å². The summed E-state index contributed by atoms with van der Waals surface area (Å²) >= 11 is 6.63. The number of halogens is 1. The first kappa shape index (κ1) is 21.1. The van der Waals surface area contributed by atoms with Gasteiger partial charge in [-0.2, -0.15) is 0 Å². The first-order valence-electron chi connectivity index (χ1n) is 11.0. The normalized spacial score (nSPS) is 16.5.